The predicted octanol–water partition coefficient (Wildman–Crippen LogP) is 4.31. The van der Waals surface area contributed by atoms with Gasteiger partial charge in [-0.15, -0.1) is 16.8 Å². The average Bonchev–Trinajstić information content (AvgIpc) is 3.15. The number of rotatable bonds is 9. The highest BCUT2D eigenvalue weighted by atomic mass is 79.9. The second-order valence-corrected chi connectivity index (χ2v) is 8.39. The van der Waals surface area contributed by atoms with Crippen molar-refractivity contribution in [3.05, 3.63) is 71.0 Å². The highest BCUT2D eigenvalue weighted by Gasteiger charge is 2.15. The van der Waals surface area contributed by atoms with Crippen LogP contribution in [0.15, 0.2) is 75.7 Å². The van der Waals surface area contributed by atoms with Gasteiger partial charge in [-0.05, 0) is 43.2 Å². The number of pyridine rings is 1. The molecular weight excluding hydrogens is 464 g/mol. The van der Waals surface area contributed by atoms with E-state index < -0.39 is 0 Å². The summed E-state index contributed by atoms with van der Waals surface area (Å²) in [5.74, 6) is 0.728. The normalized spacial score (nSPS) is 11.0. The third-order valence-electron chi connectivity index (χ3n) is 4.02. The summed E-state index contributed by atoms with van der Waals surface area (Å²) in [6.45, 7) is 6.66. The molecule has 1 amide bonds. The summed E-state index contributed by atoms with van der Waals surface area (Å²) >= 11 is 4.78. The first kappa shape index (κ1) is 21.9. The fourth-order valence-corrected chi connectivity index (χ4v) is 3.52. The van der Waals surface area contributed by atoms with E-state index in [0.717, 1.165) is 33.4 Å². The van der Waals surface area contributed by atoms with E-state index in [1.165, 1.54) is 11.8 Å². The van der Waals surface area contributed by atoms with Crippen molar-refractivity contribution in [2.24, 2.45) is 5.10 Å². The van der Waals surface area contributed by atoms with Crippen LogP contribution in [0.25, 0.3) is 11.4 Å². The molecule has 1 aromatic carbocycles. The van der Waals surface area contributed by atoms with E-state index in [1.54, 1.807) is 30.7 Å². The van der Waals surface area contributed by atoms with Crippen molar-refractivity contribution in [3.63, 3.8) is 0 Å². The molecule has 9 heteroatoms. The smallest absolute Gasteiger partial charge is 0.250 e. The van der Waals surface area contributed by atoms with Gasteiger partial charge in [0.05, 0.1) is 12.0 Å². The molecule has 0 spiro atoms. The number of halogens is 1. The Bertz CT molecular complexity index is 1030. The zero-order valence-corrected chi connectivity index (χ0v) is 18.9. The molecule has 2 aromatic heterocycles. The molecule has 0 bridgehead atoms. The minimum Gasteiger partial charge on any atom is -0.302 e. The third kappa shape index (κ3) is 6.36. The van der Waals surface area contributed by atoms with Crippen molar-refractivity contribution in [1.82, 2.24) is 25.2 Å². The second kappa shape index (κ2) is 10.8. The Morgan fingerprint density at radius 3 is 2.67 bits per heavy atom. The van der Waals surface area contributed by atoms with Crippen molar-refractivity contribution >= 4 is 39.8 Å². The van der Waals surface area contributed by atoms with Crippen LogP contribution in [0.1, 0.15) is 18.9 Å². The number of benzene rings is 1. The minimum absolute atomic E-state index is 0.180. The number of hydrogen-bond acceptors (Lipinski definition) is 6. The van der Waals surface area contributed by atoms with E-state index in [2.05, 4.69) is 48.2 Å². The zero-order valence-electron chi connectivity index (χ0n) is 16.5. The largest absolute Gasteiger partial charge is 0.302 e. The molecule has 0 aliphatic carbocycles. The summed E-state index contributed by atoms with van der Waals surface area (Å²) in [6, 6.07) is 11.5. The van der Waals surface area contributed by atoms with Gasteiger partial charge in [-0.2, -0.15) is 5.10 Å². The van der Waals surface area contributed by atoms with E-state index in [4.69, 9.17) is 0 Å². The first-order chi connectivity index (χ1) is 14.5. The second-order valence-electron chi connectivity index (χ2n) is 6.53. The van der Waals surface area contributed by atoms with Crippen LogP contribution in [0, 0.1) is 0 Å². The van der Waals surface area contributed by atoms with Crippen LogP contribution in [-0.2, 0) is 11.3 Å². The van der Waals surface area contributed by atoms with Gasteiger partial charge in [0.15, 0.2) is 11.0 Å². The van der Waals surface area contributed by atoms with Crippen LogP contribution in [0.2, 0.25) is 0 Å². The van der Waals surface area contributed by atoms with Gasteiger partial charge in [0, 0.05) is 29.0 Å². The van der Waals surface area contributed by atoms with Crippen molar-refractivity contribution in [2.75, 3.05) is 5.75 Å². The fourth-order valence-electron chi connectivity index (χ4n) is 2.50. The Balaban J connectivity index is 1.67. The molecule has 30 heavy (non-hydrogen) atoms. The maximum atomic E-state index is 12.2. The van der Waals surface area contributed by atoms with Crippen LogP contribution in [-0.4, -0.2) is 37.6 Å². The maximum Gasteiger partial charge on any atom is 0.250 e. The average molecular weight is 485 g/mol. The lowest BCUT2D eigenvalue weighted by atomic mass is 10.2. The van der Waals surface area contributed by atoms with Crippen LogP contribution < -0.4 is 5.43 Å². The molecule has 0 fully saturated rings. The third-order valence-corrected chi connectivity index (χ3v) is 5.52. The van der Waals surface area contributed by atoms with Crippen LogP contribution in [0.3, 0.4) is 0 Å². The summed E-state index contributed by atoms with van der Waals surface area (Å²) < 4.78 is 3.02. The van der Waals surface area contributed by atoms with E-state index in [9.17, 15) is 4.79 Å². The molecule has 0 saturated heterocycles. The van der Waals surface area contributed by atoms with Crippen molar-refractivity contribution < 1.29 is 4.79 Å². The molecular formula is C21H21BrN6OS. The lowest BCUT2D eigenvalue weighted by Crippen LogP contribution is -2.20. The minimum atomic E-state index is -0.218. The summed E-state index contributed by atoms with van der Waals surface area (Å²) in [5, 5.41) is 13.3. The Morgan fingerprint density at radius 2 is 1.97 bits per heavy atom. The first-order valence-electron chi connectivity index (χ1n) is 9.21. The Morgan fingerprint density at radius 1 is 1.23 bits per heavy atom. The van der Waals surface area contributed by atoms with E-state index >= 15 is 0 Å². The number of aromatic nitrogens is 4. The van der Waals surface area contributed by atoms with Crippen LogP contribution in [0.4, 0.5) is 0 Å². The first-order valence-corrected chi connectivity index (χ1v) is 11.0. The van der Waals surface area contributed by atoms with Crippen LogP contribution in [0.5, 0.6) is 0 Å². The Hall–Kier alpha value is -2.78. The number of hydrogen-bond donors (Lipinski definition) is 1. The molecule has 2 heterocycles. The summed E-state index contributed by atoms with van der Waals surface area (Å²) in [4.78, 5) is 16.1. The highest BCUT2D eigenvalue weighted by molar-refractivity contribution is 9.10. The molecule has 0 radical (unpaired) electrons. The number of carbonyl (C=O) groups excluding carboxylic acids is 1. The monoisotopic (exact) mass is 484 g/mol. The van der Waals surface area contributed by atoms with Gasteiger partial charge in [0.1, 0.15) is 0 Å². The molecule has 3 aromatic rings. The summed E-state index contributed by atoms with van der Waals surface area (Å²) in [7, 11) is 0. The lowest BCUT2D eigenvalue weighted by Gasteiger charge is -2.10. The number of nitrogens with zero attached hydrogens (tertiary/aromatic N) is 5. The summed E-state index contributed by atoms with van der Waals surface area (Å²) in [5.41, 5.74) is 5.42. The Labute approximate surface area is 187 Å². The van der Waals surface area contributed by atoms with Gasteiger partial charge in [0.2, 0.25) is 0 Å². The van der Waals surface area contributed by atoms with Gasteiger partial charge in [-0.25, -0.2) is 5.43 Å². The fraction of sp³-hybridized carbons (Fsp3) is 0.190. The molecule has 0 atom stereocenters. The predicted molar refractivity (Wildman–Crippen MR) is 123 cm³/mol. The van der Waals surface area contributed by atoms with Crippen LogP contribution >= 0.6 is 27.7 Å². The number of amides is 1. The molecule has 7 nitrogen and oxygen atoms in total. The van der Waals surface area contributed by atoms with Crippen molar-refractivity contribution in [1.29, 1.82) is 0 Å². The molecule has 0 unspecified atom stereocenters. The van der Waals surface area contributed by atoms with Crippen molar-refractivity contribution in [3.8, 4) is 11.4 Å². The van der Waals surface area contributed by atoms with Gasteiger partial charge in [0.25, 0.3) is 5.91 Å². The number of thioether (sulfide) groups is 1. The molecule has 0 aliphatic rings. The van der Waals surface area contributed by atoms with Gasteiger partial charge < -0.3 is 4.57 Å². The maximum absolute atomic E-state index is 12.2. The molecule has 154 valence electrons. The number of hydrazone groups is 1. The zero-order chi connectivity index (χ0) is 21.3. The van der Waals surface area contributed by atoms with E-state index in [1.807, 2.05) is 35.8 Å². The van der Waals surface area contributed by atoms with Crippen molar-refractivity contribution in [2.45, 2.75) is 25.0 Å². The SMILES string of the molecule is C=C(C)CCn1c(SCC(=O)NN=Cc2ccncc2)nnc1-c1ccc(Br)cc1. The topological polar surface area (TPSA) is 85.1 Å². The molecule has 0 aliphatic heterocycles. The highest BCUT2D eigenvalue weighted by Crippen LogP contribution is 2.26. The van der Waals surface area contributed by atoms with E-state index in [0.29, 0.717) is 11.7 Å². The number of nitrogens with one attached hydrogen (secondary N) is 1. The van der Waals surface area contributed by atoms with Gasteiger partial charge >= 0.3 is 0 Å². The molecule has 0 saturated carbocycles. The number of carbonyl (C=O) groups is 1. The van der Waals surface area contributed by atoms with E-state index in [-0.39, 0.29) is 11.7 Å². The summed E-state index contributed by atoms with van der Waals surface area (Å²) in [6.07, 6.45) is 5.71. The molecule has 3 rings (SSSR count). The standard InChI is InChI=1S/C21H21BrN6OS/c1-15(2)9-12-28-20(17-3-5-18(22)6-4-17)26-27-21(28)30-14-19(29)25-24-13-16-7-10-23-11-8-16/h3-8,10-11,13H,1,9,12,14H2,2H3,(H,25,29). The lowest BCUT2D eigenvalue weighted by molar-refractivity contribution is -0.118. The molecule has 1 N–H and O–H groups in total. The quantitative estimate of drug-likeness (QED) is 0.211. The number of allylic oxidation sites excluding steroid dienone is 1. The van der Waals surface area contributed by atoms with Gasteiger partial charge in [-0.1, -0.05) is 45.4 Å². The Kier molecular flexibility index (Phi) is 7.92. The van der Waals surface area contributed by atoms with Gasteiger partial charge in [-0.3, -0.25) is 9.78 Å².